The first-order valence-corrected chi connectivity index (χ1v) is 8.80. The number of H-pyrrole nitrogens is 1. The number of phenolic OH excluding ortho intramolecular Hbond substituents is 1. The molecule has 2 aromatic carbocycles. The highest BCUT2D eigenvalue weighted by molar-refractivity contribution is 9.10. The summed E-state index contributed by atoms with van der Waals surface area (Å²) >= 11 is 8.42. The molecule has 1 aromatic heterocycles. The average Bonchev–Trinajstić information content (AvgIpc) is 2.94. The van der Waals surface area contributed by atoms with Crippen molar-refractivity contribution in [2.75, 3.05) is 7.11 Å². The van der Waals surface area contributed by atoms with Crippen LogP contribution in [-0.2, 0) is 0 Å². The van der Waals surface area contributed by atoms with E-state index < -0.39 is 0 Å². The largest absolute Gasteiger partial charge is 0.504 e. The van der Waals surface area contributed by atoms with Gasteiger partial charge in [0.1, 0.15) is 0 Å². The summed E-state index contributed by atoms with van der Waals surface area (Å²) in [4.78, 5) is 2.81. The summed E-state index contributed by atoms with van der Waals surface area (Å²) in [5.41, 5.74) is 4.19. The van der Waals surface area contributed by atoms with E-state index in [0.717, 1.165) is 9.99 Å². The van der Waals surface area contributed by atoms with E-state index in [4.69, 9.17) is 17.0 Å². The van der Waals surface area contributed by atoms with Crippen LogP contribution >= 0.6 is 28.1 Å². The minimum Gasteiger partial charge on any atom is -0.504 e. The minimum absolute atomic E-state index is 0.00434. The maximum Gasteiger partial charge on any atom is 0.234 e. The lowest BCUT2D eigenvalue weighted by atomic mass is 10.2. The smallest absolute Gasteiger partial charge is 0.234 e. The van der Waals surface area contributed by atoms with Gasteiger partial charge >= 0.3 is 0 Å². The Morgan fingerprint density at radius 3 is 2.81 bits per heavy atom. The highest BCUT2D eigenvalue weighted by Gasteiger charge is 2.10. The topological polar surface area (TPSA) is 115 Å². The molecule has 3 aromatic rings. The van der Waals surface area contributed by atoms with Crippen LogP contribution in [0.25, 0.3) is 10.9 Å². The molecule has 1 heterocycles. The van der Waals surface area contributed by atoms with Crippen molar-refractivity contribution in [3.63, 3.8) is 0 Å². The van der Waals surface area contributed by atoms with Crippen molar-refractivity contribution >= 4 is 56.1 Å². The van der Waals surface area contributed by atoms with Gasteiger partial charge in [0.25, 0.3) is 0 Å². The molecule has 4 N–H and O–H groups in total. The lowest BCUT2D eigenvalue weighted by molar-refractivity contribution is 0.373. The van der Waals surface area contributed by atoms with E-state index in [1.165, 1.54) is 19.4 Å². The third kappa shape index (κ3) is 4.41. The van der Waals surface area contributed by atoms with Gasteiger partial charge in [0.2, 0.25) is 11.0 Å². The van der Waals surface area contributed by atoms with E-state index in [1.54, 1.807) is 12.1 Å². The molecule has 0 fully saturated rings. The zero-order valence-corrected chi connectivity index (χ0v) is 16.4. The Kier molecular flexibility index (Phi) is 5.67. The van der Waals surface area contributed by atoms with Crippen molar-refractivity contribution < 1.29 is 14.9 Å². The molecule has 0 amide bonds. The molecule has 0 saturated heterocycles. The van der Waals surface area contributed by atoms with Gasteiger partial charge in [-0.05, 0) is 54.2 Å². The summed E-state index contributed by atoms with van der Waals surface area (Å²) in [6, 6.07) is 10.3. The summed E-state index contributed by atoms with van der Waals surface area (Å²) in [5, 5.41) is 32.2. The Bertz CT molecular complexity index is 1060. The maximum atomic E-state index is 9.98. The number of nitrogens with zero attached hydrogens (tertiary/aromatic N) is 3. The van der Waals surface area contributed by atoms with Crippen LogP contribution in [-0.4, -0.2) is 33.6 Å². The van der Waals surface area contributed by atoms with E-state index in [1.807, 2.05) is 18.2 Å². The minimum atomic E-state index is -0.105. The molecule has 0 aliphatic rings. The summed E-state index contributed by atoms with van der Waals surface area (Å²) in [7, 11) is 1.47. The third-order valence-corrected chi connectivity index (χ3v) is 4.20. The van der Waals surface area contributed by atoms with Gasteiger partial charge < -0.3 is 19.9 Å². The quantitative estimate of drug-likeness (QED) is 0.205. The van der Waals surface area contributed by atoms with E-state index >= 15 is 0 Å². The molecule has 138 valence electrons. The van der Waals surface area contributed by atoms with Crippen LogP contribution in [0.2, 0.25) is 0 Å². The van der Waals surface area contributed by atoms with Gasteiger partial charge in [0.05, 0.1) is 18.8 Å². The van der Waals surface area contributed by atoms with Gasteiger partial charge in [0, 0.05) is 9.86 Å². The molecule has 0 unspecified atom stereocenters. The highest BCUT2D eigenvalue weighted by Crippen LogP contribution is 2.36. The molecule has 0 aliphatic carbocycles. The molecular formula is C17H14BrN5O3S. The number of halogens is 1. The van der Waals surface area contributed by atoms with Crippen molar-refractivity contribution in [3.8, 4) is 17.4 Å². The SMILES string of the molecule is COc1ccc(/C=N/NC(=S)N=Nc2c(O)[nH]c3ccc(Br)cc23)cc1O. The zero-order valence-electron chi connectivity index (χ0n) is 14.0. The van der Waals surface area contributed by atoms with Gasteiger partial charge in [-0.25, -0.2) is 0 Å². The second-order valence-electron chi connectivity index (χ2n) is 5.32. The summed E-state index contributed by atoms with van der Waals surface area (Å²) < 4.78 is 5.82. The second-order valence-corrected chi connectivity index (χ2v) is 6.62. The van der Waals surface area contributed by atoms with Crippen molar-refractivity contribution in [2.45, 2.75) is 0 Å². The molecule has 10 heteroatoms. The number of azo groups is 1. The lowest BCUT2D eigenvalue weighted by Crippen LogP contribution is -2.11. The van der Waals surface area contributed by atoms with Crippen molar-refractivity contribution in [3.05, 3.63) is 46.4 Å². The number of benzene rings is 2. The summed E-state index contributed by atoms with van der Waals surface area (Å²) in [5.74, 6) is 0.270. The standard InChI is InChI=1S/C17H14BrN5O3S/c1-26-14-5-2-9(6-13(14)24)8-19-22-17(27)23-21-15-11-7-10(18)3-4-12(11)20-16(15)25/h2-8,20,24-25H,1H3,(H,22,27)/b19-8+,23-21?. The number of methoxy groups -OCH3 is 1. The van der Waals surface area contributed by atoms with Gasteiger partial charge in [-0.1, -0.05) is 15.9 Å². The number of aromatic hydroxyl groups is 2. The average molecular weight is 448 g/mol. The molecule has 0 radical (unpaired) electrons. The Balaban J connectivity index is 1.68. The monoisotopic (exact) mass is 447 g/mol. The lowest BCUT2D eigenvalue weighted by Gasteiger charge is -2.03. The van der Waals surface area contributed by atoms with E-state index in [9.17, 15) is 10.2 Å². The van der Waals surface area contributed by atoms with Crippen LogP contribution in [0.4, 0.5) is 5.69 Å². The van der Waals surface area contributed by atoms with E-state index in [-0.39, 0.29) is 22.4 Å². The number of hydrazone groups is 1. The van der Waals surface area contributed by atoms with Gasteiger partial charge in [0.15, 0.2) is 17.2 Å². The maximum absolute atomic E-state index is 9.98. The molecular weight excluding hydrogens is 434 g/mol. The Labute approximate surface area is 167 Å². The van der Waals surface area contributed by atoms with Gasteiger partial charge in [-0.2, -0.15) is 5.10 Å². The van der Waals surface area contributed by atoms with Gasteiger partial charge in [-0.3, -0.25) is 5.43 Å². The zero-order chi connectivity index (χ0) is 19.4. The number of hydrogen-bond acceptors (Lipinski definition) is 6. The fraction of sp³-hybridized carbons (Fsp3) is 0.0588. The number of ether oxygens (including phenoxy) is 1. The predicted octanol–water partition coefficient (Wildman–Crippen LogP) is 4.34. The number of nitrogens with one attached hydrogen (secondary N) is 2. The molecule has 3 rings (SSSR count). The van der Waals surface area contributed by atoms with Gasteiger partial charge in [-0.15, -0.1) is 10.2 Å². The number of rotatable bonds is 4. The number of phenols is 1. The number of aromatic amines is 1. The molecule has 27 heavy (non-hydrogen) atoms. The second kappa shape index (κ2) is 8.14. The van der Waals surface area contributed by atoms with Crippen LogP contribution in [0.1, 0.15) is 5.56 Å². The fourth-order valence-electron chi connectivity index (χ4n) is 2.30. The number of thiocarbonyl (C=S) groups is 1. The van der Waals surface area contributed by atoms with Crippen LogP contribution in [0.15, 0.2) is 56.2 Å². The molecule has 0 spiro atoms. The Hall–Kier alpha value is -2.98. The Morgan fingerprint density at radius 2 is 2.07 bits per heavy atom. The first-order valence-electron chi connectivity index (χ1n) is 7.60. The molecule has 0 atom stereocenters. The normalized spacial score (nSPS) is 11.5. The predicted molar refractivity (Wildman–Crippen MR) is 110 cm³/mol. The summed E-state index contributed by atoms with van der Waals surface area (Å²) in [6.45, 7) is 0. The first-order chi connectivity index (χ1) is 13.0. The first kappa shape index (κ1) is 18.8. The van der Waals surface area contributed by atoms with Crippen molar-refractivity contribution in [1.82, 2.24) is 10.4 Å². The molecule has 0 aliphatic heterocycles. The van der Waals surface area contributed by atoms with Crippen LogP contribution in [0.5, 0.6) is 17.4 Å². The van der Waals surface area contributed by atoms with E-state index in [2.05, 4.69) is 41.7 Å². The van der Waals surface area contributed by atoms with Crippen molar-refractivity contribution in [1.29, 1.82) is 0 Å². The number of aromatic nitrogens is 1. The third-order valence-electron chi connectivity index (χ3n) is 3.53. The fourth-order valence-corrected chi connectivity index (χ4v) is 2.76. The van der Waals surface area contributed by atoms with Crippen molar-refractivity contribution in [2.24, 2.45) is 15.3 Å². The number of hydrogen-bond donors (Lipinski definition) is 4. The van der Waals surface area contributed by atoms with E-state index in [0.29, 0.717) is 16.7 Å². The molecule has 8 nitrogen and oxygen atoms in total. The Morgan fingerprint density at radius 1 is 1.26 bits per heavy atom. The number of fused-ring (bicyclic) bond motifs is 1. The highest BCUT2D eigenvalue weighted by atomic mass is 79.9. The molecule has 0 saturated carbocycles. The van der Waals surface area contributed by atoms with Crippen LogP contribution in [0.3, 0.4) is 0 Å². The molecule has 0 bridgehead atoms. The van der Waals surface area contributed by atoms with Crippen LogP contribution < -0.4 is 10.2 Å². The van der Waals surface area contributed by atoms with Crippen LogP contribution in [0, 0.1) is 0 Å². The summed E-state index contributed by atoms with van der Waals surface area (Å²) in [6.07, 6.45) is 1.46.